The Kier molecular flexibility index (Phi) is 5.18. The summed E-state index contributed by atoms with van der Waals surface area (Å²) >= 11 is 0. The van der Waals surface area contributed by atoms with Crippen molar-refractivity contribution in [2.45, 2.75) is 78.2 Å². The molecular formula is C18H36N2. The molecular weight excluding hydrogens is 244 g/mol. The summed E-state index contributed by atoms with van der Waals surface area (Å²) < 4.78 is 0. The van der Waals surface area contributed by atoms with Crippen LogP contribution < -0.4 is 5.73 Å². The van der Waals surface area contributed by atoms with Gasteiger partial charge in [0.05, 0.1) is 0 Å². The molecule has 1 aliphatic carbocycles. The minimum absolute atomic E-state index is 0.261. The van der Waals surface area contributed by atoms with Crippen molar-refractivity contribution in [2.75, 3.05) is 19.6 Å². The van der Waals surface area contributed by atoms with Crippen LogP contribution in [0.15, 0.2) is 0 Å². The monoisotopic (exact) mass is 280 g/mol. The Bertz CT molecular complexity index is 311. The second-order valence-electron chi connectivity index (χ2n) is 8.25. The van der Waals surface area contributed by atoms with Gasteiger partial charge in [-0.05, 0) is 62.4 Å². The molecule has 0 amide bonds. The lowest BCUT2D eigenvalue weighted by molar-refractivity contribution is -0.0429. The van der Waals surface area contributed by atoms with Gasteiger partial charge >= 0.3 is 0 Å². The number of nitrogens with zero attached hydrogens (tertiary/aromatic N) is 1. The minimum atomic E-state index is 0.261. The van der Waals surface area contributed by atoms with Gasteiger partial charge in [0.1, 0.15) is 0 Å². The summed E-state index contributed by atoms with van der Waals surface area (Å²) in [5.74, 6) is 1.75. The van der Waals surface area contributed by atoms with Crippen LogP contribution >= 0.6 is 0 Å². The van der Waals surface area contributed by atoms with Gasteiger partial charge in [0.25, 0.3) is 0 Å². The van der Waals surface area contributed by atoms with Crippen molar-refractivity contribution < 1.29 is 0 Å². The molecule has 0 bridgehead atoms. The number of hydrogen-bond acceptors (Lipinski definition) is 2. The van der Waals surface area contributed by atoms with Gasteiger partial charge in [0, 0.05) is 12.1 Å². The Morgan fingerprint density at radius 3 is 2.35 bits per heavy atom. The normalized spacial score (nSPS) is 36.0. The molecule has 0 spiro atoms. The van der Waals surface area contributed by atoms with Crippen LogP contribution in [-0.4, -0.2) is 30.1 Å². The maximum atomic E-state index is 6.35. The van der Waals surface area contributed by atoms with E-state index in [1.54, 1.807) is 0 Å². The lowest BCUT2D eigenvalue weighted by Crippen LogP contribution is -2.63. The van der Waals surface area contributed by atoms with Crippen molar-refractivity contribution in [3.63, 3.8) is 0 Å². The van der Waals surface area contributed by atoms with Gasteiger partial charge in [-0.25, -0.2) is 0 Å². The number of nitrogens with two attached hydrogens (primary N) is 1. The molecule has 2 heteroatoms. The highest BCUT2D eigenvalue weighted by Gasteiger charge is 2.49. The standard InChI is InChI=1S/C18H36N2/c1-15(2)16-8-7-12-20(13-9-16)18(14-19)11-6-5-10-17(18,3)4/h15-16H,5-14,19H2,1-4H3. The molecule has 0 aromatic rings. The first-order valence-electron chi connectivity index (χ1n) is 8.88. The Morgan fingerprint density at radius 1 is 1.05 bits per heavy atom. The van der Waals surface area contributed by atoms with E-state index in [4.69, 9.17) is 5.73 Å². The van der Waals surface area contributed by atoms with Gasteiger partial charge in [-0.3, -0.25) is 4.90 Å². The van der Waals surface area contributed by atoms with Crippen molar-refractivity contribution >= 4 is 0 Å². The molecule has 20 heavy (non-hydrogen) atoms. The summed E-state index contributed by atoms with van der Waals surface area (Å²) in [6.07, 6.45) is 9.55. The fourth-order valence-electron chi connectivity index (χ4n) is 4.87. The fourth-order valence-corrected chi connectivity index (χ4v) is 4.87. The first-order chi connectivity index (χ1) is 9.43. The number of hydrogen-bond donors (Lipinski definition) is 1. The zero-order valence-corrected chi connectivity index (χ0v) is 14.3. The summed E-state index contributed by atoms with van der Waals surface area (Å²) in [4.78, 5) is 2.80. The predicted molar refractivity (Wildman–Crippen MR) is 87.8 cm³/mol. The molecule has 118 valence electrons. The molecule has 0 radical (unpaired) electrons. The third-order valence-electron chi connectivity index (χ3n) is 6.56. The lowest BCUT2D eigenvalue weighted by atomic mass is 9.62. The summed E-state index contributed by atoms with van der Waals surface area (Å²) in [6.45, 7) is 13.1. The van der Waals surface area contributed by atoms with E-state index >= 15 is 0 Å². The van der Waals surface area contributed by atoms with E-state index < -0.39 is 0 Å². The first kappa shape index (κ1) is 16.3. The molecule has 1 heterocycles. The highest BCUT2D eigenvalue weighted by Crippen LogP contribution is 2.47. The molecule has 2 nitrogen and oxygen atoms in total. The summed E-state index contributed by atoms with van der Waals surface area (Å²) in [6, 6.07) is 0. The second-order valence-corrected chi connectivity index (χ2v) is 8.25. The van der Waals surface area contributed by atoms with Crippen molar-refractivity contribution in [1.82, 2.24) is 4.90 Å². The van der Waals surface area contributed by atoms with Crippen molar-refractivity contribution in [3.8, 4) is 0 Å². The molecule has 0 aromatic carbocycles. The molecule has 1 aliphatic heterocycles. The van der Waals surface area contributed by atoms with E-state index in [1.165, 1.54) is 58.0 Å². The zero-order chi connectivity index (χ0) is 14.8. The van der Waals surface area contributed by atoms with Crippen molar-refractivity contribution in [1.29, 1.82) is 0 Å². The van der Waals surface area contributed by atoms with Crippen molar-refractivity contribution in [2.24, 2.45) is 23.0 Å². The average Bonchev–Trinajstić information content (AvgIpc) is 2.65. The van der Waals surface area contributed by atoms with Crippen LogP contribution in [0.4, 0.5) is 0 Å². The number of rotatable bonds is 3. The molecule has 1 saturated heterocycles. The second kappa shape index (κ2) is 6.36. The maximum absolute atomic E-state index is 6.35. The van der Waals surface area contributed by atoms with Crippen LogP contribution in [0.3, 0.4) is 0 Å². The van der Waals surface area contributed by atoms with E-state index in [9.17, 15) is 0 Å². The Labute approximate surface area is 126 Å². The third-order valence-corrected chi connectivity index (χ3v) is 6.56. The minimum Gasteiger partial charge on any atom is -0.329 e. The molecule has 2 aliphatic rings. The van der Waals surface area contributed by atoms with E-state index in [0.717, 1.165) is 18.4 Å². The Hall–Kier alpha value is -0.0800. The molecule has 2 fully saturated rings. The quantitative estimate of drug-likeness (QED) is 0.845. The third kappa shape index (κ3) is 2.92. The van der Waals surface area contributed by atoms with E-state index in [0.29, 0.717) is 5.41 Å². The molecule has 2 N–H and O–H groups in total. The molecule has 0 aromatic heterocycles. The lowest BCUT2D eigenvalue weighted by Gasteiger charge is -2.56. The first-order valence-corrected chi connectivity index (χ1v) is 8.88. The van der Waals surface area contributed by atoms with E-state index in [-0.39, 0.29) is 5.54 Å². The van der Waals surface area contributed by atoms with Gasteiger partial charge < -0.3 is 5.73 Å². The predicted octanol–water partition coefficient (Wildman–Crippen LogP) is 4.04. The Morgan fingerprint density at radius 2 is 1.75 bits per heavy atom. The van der Waals surface area contributed by atoms with E-state index in [2.05, 4.69) is 32.6 Å². The maximum Gasteiger partial charge on any atom is 0.0382 e. The zero-order valence-electron chi connectivity index (χ0n) is 14.3. The SMILES string of the molecule is CC(C)C1CCCN(C2(CN)CCCCC2(C)C)CC1. The average molecular weight is 280 g/mol. The number of likely N-dealkylation sites (tertiary alicyclic amines) is 1. The van der Waals surface area contributed by atoms with Gasteiger partial charge in [0.15, 0.2) is 0 Å². The highest BCUT2D eigenvalue weighted by molar-refractivity contribution is 5.05. The molecule has 1 saturated carbocycles. The fraction of sp³-hybridized carbons (Fsp3) is 1.00. The molecule has 2 rings (SSSR count). The van der Waals surface area contributed by atoms with Crippen LogP contribution in [0, 0.1) is 17.3 Å². The smallest absolute Gasteiger partial charge is 0.0382 e. The molecule has 2 unspecified atom stereocenters. The summed E-state index contributed by atoms with van der Waals surface area (Å²) in [5.41, 5.74) is 6.98. The van der Waals surface area contributed by atoms with Crippen LogP contribution in [-0.2, 0) is 0 Å². The largest absolute Gasteiger partial charge is 0.329 e. The van der Waals surface area contributed by atoms with Crippen LogP contribution in [0.25, 0.3) is 0 Å². The summed E-state index contributed by atoms with van der Waals surface area (Å²) in [5, 5.41) is 0. The van der Waals surface area contributed by atoms with Gasteiger partial charge in [-0.1, -0.05) is 40.5 Å². The van der Waals surface area contributed by atoms with Crippen molar-refractivity contribution in [3.05, 3.63) is 0 Å². The van der Waals surface area contributed by atoms with Gasteiger partial charge in [0.2, 0.25) is 0 Å². The van der Waals surface area contributed by atoms with Crippen LogP contribution in [0.5, 0.6) is 0 Å². The van der Waals surface area contributed by atoms with Gasteiger partial charge in [-0.2, -0.15) is 0 Å². The topological polar surface area (TPSA) is 29.3 Å². The van der Waals surface area contributed by atoms with Gasteiger partial charge in [-0.15, -0.1) is 0 Å². The molecule has 2 atom stereocenters. The highest BCUT2D eigenvalue weighted by atomic mass is 15.2. The van der Waals surface area contributed by atoms with Crippen LogP contribution in [0.2, 0.25) is 0 Å². The van der Waals surface area contributed by atoms with E-state index in [1.807, 2.05) is 0 Å². The Balaban J connectivity index is 2.15. The van der Waals surface area contributed by atoms with Crippen LogP contribution in [0.1, 0.15) is 72.6 Å². The summed E-state index contributed by atoms with van der Waals surface area (Å²) in [7, 11) is 0.